The lowest BCUT2D eigenvalue weighted by atomic mass is 10.0. The van der Waals surface area contributed by atoms with Gasteiger partial charge in [-0.3, -0.25) is 9.10 Å². The van der Waals surface area contributed by atoms with Gasteiger partial charge in [-0.15, -0.1) is 0 Å². The number of anilines is 2. The summed E-state index contributed by atoms with van der Waals surface area (Å²) in [6.07, 6.45) is 3.61. The lowest BCUT2D eigenvalue weighted by molar-refractivity contribution is -0.132. The van der Waals surface area contributed by atoms with Crippen molar-refractivity contribution in [1.29, 1.82) is 0 Å². The lowest BCUT2D eigenvalue weighted by Gasteiger charge is -2.37. The predicted octanol–water partition coefficient (Wildman–Crippen LogP) is 3.03. The van der Waals surface area contributed by atoms with Crippen molar-refractivity contribution >= 4 is 27.3 Å². The van der Waals surface area contributed by atoms with Gasteiger partial charge in [0.1, 0.15) is 5.75 Å². The van der Waals surface area contributed by atoms with Gasteiger partial charge in [0.25, 0.3) is 10.0 Å². The first kappa shape index (κ1) is 28.2. The molecule has 1 unspecified atom stereocenters. The molecule has 1 fully saturated rings. The number of sulfonamides is 1. The summed E-state index contributed by atoms with van der Waals surface area (Å²) >= 11 is 0. The van der Waals surface area contributed by atoms with Crippen LogP contribution in [-0.4, -0.2) is 68.5 Å². The fraction of sp³-hybridized carbons (Fsp3) is 0.267. The topological polar surface area (TPSA) is 125 Å². The molecular formula is C30H34N6O4S. The molecule has 0 saturated carbocycles. The number of benzene rings is 3. The Bertz CT molecular complexity index is 1520. The van der Waals surface area contributed by atoms with Crippen LogP contribution in [0.4, 0.5) is 11.4 Å². The van der Waals surface area contributed by atoms with Crippen molar-refractivity contribution in [2.45, 2.75) is 23.9 Å². The number of rotatable bonds is 10. The van der Waals surface area contributed by atoms with Crippen LogP contribution >= 0.6 is 0 Å². The molecule has 1 aliphatic rings. The Kier molecular flexibility index (Phi) is 8.55. The van der Waals surface area contributed by atoms with E-state index in [4.69, 9.17) is 10.5 Å². The molecule has 11 heteroatoms. The number of piperazine rings is 1. The van der Waals surface area contributed by atoms with E-state index in [1.807, 2.05) is 53.4 Å². The third-order valence-electron chi connectivity index (χ3n) is 7.23. The smallest absolute Gasteiger partial charge is 0.264 e. The van der Waals surface area contributed by atoms with Gasteiger partial charge >= 0.3 is 0 Å². The standard InChI is InChI=1S/C30H34N6O4S/c1-40-27-13-7-23(8-14-27)19-29(31)30(37)35-17-15-34(16-18-35)25-9-11-26(12-10-25)36(21-24-20-32-22-33-24)41(38,39)28-5-3-2-4-6-28/h2-14,20,22,29H,15-19,21,31H2,1H3,(H,32,33). The Balaban J connectivity index is 1.23. The quantitative estimate of drug-likeness (QED) is 0.298. The number of amides is 1. The van der Waals surface area contributed by atoms with Crippen LogP contribution in [0.25, 0.3) is 0 Å². The number of aromatic amines is 1. The second-order valence-corrected chi connectivity index (χ2v) is 11.8. The molecule has 1 amide bonds. The maximum Gasteiger partial charge on any atom is 0.264 e. The Hall–Kier alpha value is -4.35. The van der Waals surface area contributed by atoms with Gasteiger partial charge in [-0.25, -0.2) is 13.4 Å². The fourth-order valence-corrected chi connectivity index (χ4v) is 6.38. The molecule has 1 atom stereocenters. The molecule has 4 aromatic rings. The first-order valence-electron chi connectivity index (χ1n) is 13.4. The number of nitrogens with two attached hydrogens (primary N) is 1. The highest BCUT2D eigenvalue weighted by Gasteiger charge is 2.28. The average Bonchev–Trinajstić information content (AvgIpc) is 3.54. The van der Waals surface area contributed by atoms with E-state index in [0.717, 1.165) is 17.0 Å². The van der Waals surface area contributed by atoms with Crippen molar-refractivity contribution in [3.8, 4) is 5.75 Å². The molecule has 3 N–H and O–H groups in total. The molecule has 3 aromatic carbocycles. The van der Waals surface area contributed by atoms with E-state index in [1.165, 1.54) is 10.6 Å². The Labute approximate surface area is 240 Å². The number of aromatic nitrogens is 2. The van der Waals surface area contributed by atoms with Crippen molar-refractivity contribution in [3.63, 3.8) is 0 Å². The van der Waals surface area contributed by atoms with Crippen LogP contribution in [-0.2, 0) is 27.8 Å². The largest absolute Gasteiger partial charge is 0.497 e. The van der Waals surface area contributed by atoms with Crippen LogP contribution in [0.15, 0.2) is 96.3 Å². The SMILES string of the molecule is COc1ccc(CC(N)C(=O)N2CCN(c3ccc(N(Cc4cnc[nH]4)S(=O)(=O)c4ccccc4)cc3)CC2)cc1. The van der Waals surface area contributed by atoms with Crippen molar-refractivity contribution in [2.24, 2.45) is 5.73 Å². The maximum atomic E-state index is 13.6. The molecule has 0 aliphatic carbocycles. The van der Waals surface area contributed by atoms with Gasteiger partial charge in [0, 0.05) is 38.1 Å². The summed E-state index contributed by atoms with van der Waals surface area (Å²) in [4.78, 5) is 24.3. The van der Waals surface area contributed by atoms with E-state index >= 15 is 0 Å². The normalized spacial score (nSPS) is 14.5. The van der Waals surface area contributed by atoms with Crippen LogP contribution in [0.2, 0.25) is 0 Å². The summed E-state index contributed by atoms with van der Waals surface area (Å²) in [6, 6.07) is 22.8. The molecule has 1 aromatic heterocycles. The summed E-state index contributed by atoms with van der Waals surface area (Å²) in [5, 5.41) is 0. The van der Waals surface area contributed by atoms with E-state index < -0.39 is 16.1 Å². The number of hydrogen-bond donors (Lipinski definition) is 2. The molecule has 5 rings (SSSR count). The maximum absolute atomic E-state index is 13.6. The molecule has 0 spiro atoms. The Morgan fingerprint density at radius 2 is 1.68 bits per heavy atom. The molecule has 2 heterocycles. The lowest BCUT2D eigenvalue weighted by Crippen LogP contribution is -2.53. The molecule has 41 heavy (non-hydrogen) atoms. The van der Waals surface area contributed by atoms with Crippen LogP contribution in [0, 0.1) is 0 Å². The molecule has 1 saturated heterocycles. The van der Waals surface area contributed by atoms with Crippen molar-refractivity contribution in [2.75, 3.05) is 42.5 Å². The number of H-pyrrole nitrogens is 1. The zero-order valence-electron chi connectivity index (χ0n) is 22.9. The molecule has 214 valence electrons. The van der Waals surface area contributed by atoms with Crippen molar-refractivity contribution in [1.82, 2.24) is 14.9 Å². The number of carbonyl (C=O) groups is 1. The zero-order chi connectivity index (χ0) is 28.8. The Morgan fingerprint density at radius 3 is 2.29 bits per heavy atom. The fourth-order valence-electron chi connectivity index (χ4n) is 4.91. The summed E-state index contributed by atoms with van der Waals surface area (Å²) in [5.74, 6) is 0.706. The van der Waals surface area contributed by atoms with Gasteiger partial charge < -0.3 is 25.3 Å². The highest BCUT2D eigenvalue weighted by Crippen LogP contribution is 2.28. The Morgan fingerprint density at radius 1 is 1.00 bits per heavy atom. The first-order valence-corrected chi connectivity index (χ1v) is 14.9. The third kappa shape index (κ3) is 6.53. The number of carbonyl (C=O) groups excluding carboxylic acids is 1. The van der Waals surface area contributed by atoms with E-state index in [0.29, 0.717) is 44.0 Å². The molecule has 0 radical (unpaired) electrons. The van der Waals surface area contributed by atoms with E-state index in [1.54, 1.807) is 43.6 Å². The number of imidazole rings is 1. The second kappa shape index (κ2) is 12.4. The van der Waals surface area contributed by atoms with Gasteiger partial charge in [0.15, 0.2) is 0 Å². The van der Waals surface area contributed by atoms with Crippen molar-refractivity contribution in [3.05, 3.63) is 103 Å². The van der Waals surface area contributed by atoms with Gasteiger partial charge in [-0.2, -0.15) is 0 Å². The number of ether oxygens (including phenoxy) is 1. The minimum atomic E-state index is -3.81. The molecule has 10 nitrogen and oxygen atoms in total. The predicted molar refractivity (Wildman–Crippen MR) is 158 cm³/mol. The molecular weight excluding hydrogens is 540 g/mol. The van der Waals surface area contributed by atoms with Crippen LogP contribution in [0.5, 0.6) is 5.75 Å². The minimum absolute atomic E-state index is 0.0589. The average molecular weight is 575 g/mol. The molecule has 1 aliphatic heterocycles. The summed E-state index contributed by atoms with van der Waals surface area (Å²) < 4.78 is 33.7. The van der Waals surface area contributed by atoms with Crippen LogP contribution in [0.1, 0.15) is 11.3 Å². The van der Waals surface area contributed by atoms with Crippen molar-refractivity contribution < 1.29 is 17.9 Å². The number of hydrogen-bond acceptors (Lipinski definition) is 7. The van der Waals surface area contributed by atoms with Gasteiger partial charge in [-0.1, -0.05) is 30.3 Å². The number of nitrogens with zero attached hydrogens (tertiary/aromatic N) is 4. The summed E-state index contributed by atoms with van der Waals surface area (Å²) in [6.45, 7) is 2.55. The number of nitrogens with one attached hydrogen (secondary N) is 1. The van der Waals surface area contributed by atoms with Gasteiger partial charge in [0.2, 0.25) is 5.91 Å². The summed E-state index contributed by atoms with van der Waals surface area (Å²) in [7, 11) is -2.19. The van der Waals surface area contributed by atoms with Crippen LogP contribution < -0.4 is 19.7 Å². The van der Waals surface area contributed by atoms with E-state index in [2.05, 4.69) is 14.9 Å². The van der Waals surface area contributed by atoms with Gasteiger partial charge in [0.05, 0.1) is 42.3 Å². The highest BCUT2D eigenvalue weighted by molar-refractivity contribution is 7.92. The summed E-state index contributed by atoms with van der Waals surface area (Å²) in [5.41, 5.74) is 9.45. The zero-order valence-corrected chi connectivity index (χ0v) is 23.7. The van der Waals surface area contributed by atoms with Crippen LogP contribution in [0.3, 0.4) is 0 Å². The molecule has 0 bridgehead atoms. The van der Waals surface area contributed by atoms with E-state index in [-0.39, 0.29) is 17.3 Å². The number of methoxy groups -OCH3 is 1. The van der Waals surface area contributed by atoms with Gasteiger partial charge in [-0.05, 0) is 60.5 Å². The second-order valence-electron chi connectivity index (χ2n) is 9.89. The van der Waals surface area contributed by atoms with E-state index in [9.17, 15) is 13.2 Å². The highest BCUT2D eigenvalue weighted by atomic mass is 32.2. The first-order chi connectivity index (χ1) is 19.8. The third-order valence-corrected chi connectivity index (χ3v) is 9.01. The monoisotopic (exact) mass is 574 g/mol. The minimum Gasteiger partial charge on any atom is -0.497 e.